The summed E-state index contributed by atoms with van der Waals surface area (Å²) < 4.78 is 1.16. The molecule has 1 heterocycles. The first-order valence-electron chi connectivity index (χ1n) is 6.86. The molecule has 108 valence electrons. The molecule has 0 unspecified atom stereocenters. The highest BCUT2D eigenvalue weighted by molar-refractivity contribution is 14.1. The van der Waals surface area contributed by atoms with Crippen LogP contribution >= 0.6 is 22.6 Å². The summed E-state index contributed by atoms with van der Waals surface area (Å²) in [6.45, 7) is 4.51. The van der Waals surface area contributed by atoms with Gasteiger partial charge in [-0.3, -0.25) is 9.59 Å². The maximum absolute atomic E-state index is 12.3. The summed E-state index contributed by atoms with van der Waals surface area (Å²) in [4.78, 5) is 26.3. The van der Waals surface area contributed by atoms with E-state index in [0.29, 0.717) is 19.4 Å². The second kappa shape index (κ2) is 6.11. The lowest BCUT2D eigenvalue weighted by Crippen LogP contribution is -2.66. The molecule has 1 aromatic rings. The molecule has 0 radical (unpaired) electrons. The van der Waals surface area contributed by atoms with E-state index in [1.165, 1.54) is 0 Å². The molecule has 1 aromatic carbocycles. The molecule has 0 atom stereocenters. The highest BCUT2D eigenvalue weighted by Gasteiger charge is 2.46. The van der Waals surface area contributed by atoms with Gasteiger partial charge in [-0.05, 0) is 53.1 Å². The molecule has 2 rings (SSSR count). The molecule has 1 fully saturated rings. The highest BCUT2D eigenvalue weighted by atomic mass is 127. The van der Waals surface area contributed by atoms with Gasteiger partial charge in [0.1, 0.15) is 5.54 Å². The largest absolute Gasteiger partial charge is 0.345 e. The fraction of sp³-hybridized carbons (Fsp3) is 0.467. The molecule has 2 amide bonds. The number of halogens is 1. The lowest BCUT2D eigenvalue weighted by atomic mass is 9.87. The second-order valence-electron chi connectivity index (χ2n) is 5.03. The second-order valence-corrected chi connectivity index (χ2v) is 6.27. The van der Waals surface area contributed by atoms with E-state index in [2.05, 4.69) is 27.9 Å². The lowest BCUT2D eigenvalue weighted by Gasteiger charge is -2.45. The van der Waals surface area contributed by atoms with Gasteiger partial charge in [0.2, 0.25) is 11.8 Å². The first kappa shape index (κ1) is 15.3. The normalized spacial score (nSPS) is 18.1. The maximum Gasteiger partial charge on any atom is 0.246 e. The molecule has 0 aromatic heterocycles. The summed E-state index contributed by atoms with van der Waals surface area (Å²) in [5.74, 6) is -0.0422. The number of carbonyl (C=O) groups is 2. The van der Waals surface area contributed by atoms with E-state index < -0.39 is 5.54 Å². The average Bonchev–Trinajstić information content (AvgIpc) is 2.46. The van der Waals surface area contributed by atoms with Gasteiger partial charge in [0, 0.05) is 10.1 Å². The van der Waals surface area contributed by atoms with Crippen molar-refractivity contribution in [3.63, 3.8) is 0 Å². The molecule has 0 spiro atoms. The van der Waals surface area contributed by atoms with E-state index >= 15 is 0 Å². The fourth-order valence-corrected chi connectivity index (χ4v) is 3.10. The molecule has 1 N–H and O–H groups in total. The minimum atomic E-state index is -0.710. The first-order chi connectivity index (χ1) is 9.53. The van der Waals surface area contributed by atoms with Crippen molar-refractivity contribution in [3.8, 4) is 0 Å². The number of amides is 2. The van der Waals surface area contributed by atoms with Crippen LogP contribution in [0.1, 0.15) is 32.3 Å². The minimum absolute atomic E-state index is 0.00755. The van der Waals surface area contributed by atoms with Gasteiger partial charge in [0.05, 0.1) is 6.54 Å². The van der Waals surface area contributed by atoms with E-state index in [9.17, 15) is 9.59 Å². The van der Waals surface area contributed by atoms with Crippen LogP contribution in [0.5, 0.6) is 0 Å². The quantitative estimate of drug-likeness (QED) is 0.808. The summed E-state index contributed by atoms with van der Waals surface area (Å²) in [6, 6.07) is 8.06. The summed E-state index contributed by atoms with van der Waals surface area (Å²) in [6.07, 6.45) is 1.26. The number of piperazine rings is 1. The van der Waals surface area contributed by atoms with Crippen molar-refractivity contribution >= 4 is 34.4 Å². The zero-order valence-corrected chi connectivity index (χ0v) is 13.9. The van der Waals surface area contributed by atoms with Crippen molar-refractivity contribution in [1.82, 2.24) is 10.2 Å². The third kappa shape index (κ3) is 2.68. The number of hydrogen-bond donors (Lipinski definition) is 1. The van der Waals surface area contributed by atoms with Crippen molar-refractivity contribution in [3.05, 3.63) is 33.4 Å². The Labute approximate surface area is 133 Å². The predicted octanol–water partition coefficient (Wildman–Crippen LogP) is 2.31. The van der Waals surface area contributed by atoms with Gasteiger partial charge in [-0.25, -0.2) is 0 Å². The molecule has 4 nitrogen and oxygen atoms in total. The third-order valence-corrected chi connectivity index (χ3v) is 4.78. The number of nitrogens with one attached hydrogen (secondary N) is 1. The minimum Gasteiger partial charge on any atom is -0.345 e. The van der Waals surface area contributed by atoms with Gasteiger partial charge in [-0.15, -0.1) is 0 Å². The van der Waals surface area contributed by atoms with E-state index in [0.717, 1.165) is 9.13 Å². The van der Waals surface area contributed by atoms with Crippen LogP contribution in [0.2, 0.25) is 0 Å². The molecule has 0 bridgehead atoms. The van der Waals surface area contributed by atoms with E-state index in [1.807, 2.05) is 38.1 Å². The van der Waals surface area contributed by atoms with Crippen LogP contribution in [0.25, 0.3) is 0 Å². The maximum atomic E-state index is 12.3. The fourth-order valence-electron chi connectivity index (χ4n) is 2.74. The number of hydrogen-bond acceptors (Lipinski definition) is 2. The molecular weight excluding hydrogens is 367 g/mol. The van der Waals surface area contributed by atoms with Gasteiger partial charge >= 0.3 is 0 Å². The van der Waals surface area contributed by atoms with Crippen molar-refractivity contribution in [2.45, 2.75) is 38.8 Å². The average molecular weight is 386 g/mol. The predicted molar refractivity (Wildman–Crippen MR) is 86.0 cm³/mol. The van der Waals surface area contributed by atoms with Crippen LogP contribution in [-0.2, 0) is 16.1 Å². The van der Waals surface area contributed by atoms with Gasteiger partial charge in [0.15, 0.2) is 0 Å². The first-order valence-corrected chi connectivity index (χ1v) is 7.94. The summed E-state index contributed by atoms with van der Waals surface area (Å²) >= 11 is 2.25. The van der Waals surface area contributed by atoms with E-state index in [4.69, 9.17) is 0 Å². The standard InChI is InChI=1S/C15H19IN2O2/c1-3-15(4-2)14(20)17-9-13(19)18(15)10-11-5-7-12(16)8-6-11/h5-8H,3-4,9-10H2,1-2H3,(H,17,20). The zero-order chi connectivity index (χ0) is 14.8. The molecule has 0 saturated carbocycles. The number of benzene rings is 1. The third-order valence-electron chi connectivity index (χ3n) is 4.06. The molecule has 20 heavy (non-hydrogen) atoms. The summed E-state index contributed by atoms with van der Waals surface area (Å²) in [7, 11) is 0. The van der Waals surface area contributed by atoms with Gasteiger partial charge < -0.3 is 10.2 Å². The lowest BCUT2D eigenvalue weighted by molar-refractivity contribution is -0.155. The molecule has 1 saturated heterocycles. The van der Waals surface area contributed by atoms with Crippen LogP contribution in [0.4, 0.5) is 0 Å². The van der Waals surface area contributed by atoms with Gasteiger partial charge in [-0.1, -0.05) is 26.0 Å². The monoisotopic (exact) mass is 386 g/mol. The SMILES string of the molecule is CCC1(CC)C(=O)NCC(=O)N1Cc1ccc(I)cc1. The summed E-state index contributed by atoms with van der Waals surface area (Å²) in [5.41, 5.74) is 0.345. The Morgan fingerprint density at radius 3 is 2.35 bits per heavy atom. The Kier molecular flexibility index (Phi) is 4.67. The molecule has 0 aliphatic carbocycles. The zero-order valence-electron chi connectivity index (χ0n) is 11.8. The van der Waals surface area contributed by atoms with E-state index in [1.54, 1.807) is 4.90 Å². The Morgan fingerprint density at radius 1 is 1.20 bits per heavy atom. The number of nitrogens with zero attached hydrogens (tertiary/aromatic N) is 1. The van der Waals surface area contributed by atoms with Gasteiger partial charge in [0.25, 0.3) is 0 Å². The van der Waals surface area contributed by atoms with Crippen molar-refractivity contribution in [2.24, 2.45) is 0 Å². The molecule has 5 heteroatoms. The highest BCUT2D eigenvalue weighted by Crippen LogP contribution is 2.29. The van der Waals surface area contributed by atoms with Crippen LogP contribution in [0, 0.1) is 3.57 Å². The molecule has 1 aliphatic heterocycles. The topological polar surface area (TPSA) is 49.4 Å². The van der Waals surface area contributed by atoms with Crippen LogP contribution in [-0.4, -0.2) is 28.8 Å². The van der Waals surface area contributed by atoms with Crippen molar-refractivity contribution in [1.29, 1.82) is 0 Å². The Hall–Kier alpha value is -1.11. The Bertz CT molecular complexity index is 509. The number of rotatable bonds is 4. The molecular formula is C15H19IN2O2. The smallest absolute Gasteiger partial charge is 0.246 e. The van der Waals surface area contributed by atoms with Gasteiger partial charge in [-0.2, -0.15) is 0 Å². The Morgan fingerprint density at radius 2 is 1.80 bits per heavy atom. The van der Waals surface area contributed by atoms with Crippen LogP contribution in [0.15, 0.2) is 24.3 Å². The van der Waals surface area contributed by atoms with Crippen molar-refractivity contribution in [2.75, 3.05) is 6.54 Å². The van der Waals surface area contributed by atoms with Crippen LogP contribution in [0.3, 0.4) is 0 Å². The van der Waals surface area contributed by atoms with Crippen LogP contribution < -0.4 is 5.32 Å². The summed E-state index contributed by atoms with van der Waals surface area (Å²) in [5, 5.41) is 2.72. The number of carbonyl (C=O) groups excluding carboxylic acids is 2. The Balaban J connectivity index is 2.31. The molecule has 1 aliphatic rings. The van der Waals surface area contributed by atoms with E-state index in [-0.39, 0.29) is 18.4 Å². The van der Waals surface area contributed by atoms with Crippen molar-refractivity contribution < 1.29 is 9.59 Å².